The highest BCUT2D eigenvalue weighted by atomic mass is 35.5. The first-order chi connectivity index (χ1) is 17.3. The summed E-state index contributed by atoms with van der Waals surface area (Å²) < 4.78 is 5.03. The molecule has 1 unspecified atom stereocenters. The number of hydrogen-bond donors (Lipinski definition) is 3. The van der Waals surface area contributed by atoms with Gasteiger partial charge in [-0.3, -0.25) is 4.79 Å². The lowest BCUT2D eigenvalue weighted by Gasteiger charge is -2.16. The highest BCUT2D eigenvalue weighted by molar-refractivity contribution is 6.45. The predicted octanol–water partition coefficient (Wildman–Crippen LogP) is 6.94. The van der Waals surface area contributed by atoms with Crippen LogP contribution in [0.3, 0.4) is 0 Å². The molecule has 0 aliphatic carbocycles. The molecule has 2 heterocycles. The van der Waals surface area contributed by atoms with E-state index in [9.17, 15) is 4.79 Å². The zero-order valence-electron chi connectivity index (χ0n) is 21.1. The Kier molecular flexibility index (Phi) is 9.47. The van der Waals surface area contributed by atoms with Crippen LogP contribution in [0.5, 0.6) is 0 Å². The number of rotatable bonds is 3. The Morgan fingerprint density at radius 2 is 1.86 bits per heavy atom. The molecule has 0 radical (unpaired) electrons. The number of nitrogens with one attached hydrogen (secondary N) is 3. The van der Waals surface area contributed by atoms with Crippen molar-refractivity contribution >= 4 is 40.4 Å². The molecule has 0 fully saturated rings. The molecular formula is C28H32ClN5O2. The molecule has 3 N–H and O–H groups in total. The van der Waals surface area contributed by atoms with Gasteiger partial charge in [-0.1, -0.05) is 41.0 Å². The maximum absolute atomic E-state index is 12.6. The number of benzene rings is 2. The number of carbonyl (C=O) groups excluding carboxylic acids is 1. The van der Waals surface area contributed by atoms with Crippen molar-refractivity contribution in [3.05, 3.63) is 94.9 Å². The van der Waals surface area contributed by atoms with E-state index in [1.54, 1.807) is 25.1 Å². The summed E-state index contributed by atoms with van der Waals surface area (Å²) in [5.41, 5.74) is 4.93. The third kappa shape index (κ3) is 7.58. The van der Waals surface area contributed by atoms with Gasteiger partial charge >= 0.3 is 0 Å². The molecule has 188 valence electrons. The van der Waals surface area contributed by atoms with Crippen LogP contribution < -0.4 is 16.0 Å². The van der Waals surface area contributed by atoms with Crippen molar-refractivity contribution in [2.75, 3.05) is 16.0 Å². The molecule has 1 aromatic heterocycles. The number of aromatic nitrogens is 1. The topological polar surface area (TPSA) is 91.5 Å². The Labute approximate surface area is 217 Å². The molecule has 1 aliphatic heterocycles. The third-order valence-corrected chi connectivity index (χ3v) is 5.58. The molecule has 1 amide bonds. The number of nitrogens with zero attached hydrogens (tertiary/aromatic N) is 2. The Bertz CT molecular complexity index is 1280. The quantitative estimate of drug-likeness (QED) is 0.335. The van der Waals surface area contributed by atoms with Crippen LogP contribution in [0.1, 0.15) is 48.1 Å². The van der Waals surface area contributed by atoms with E-state index in [0.717, 1.165) is 29.8 Å². The van der Waals surface area contributed by atoms with E-state index in [1.807, 2.05) is 51.1 Å². The minimum atomic E-state index is -0.334. The Hall–Kier alpha value is -3.84. The third-order valence-electron chi connectivity index (χ3n) is 5.18. The number of aryl methyl sites for hydroxylation is 3. The van der Waals surface area contributed by atoms with Gasteiger partial charge in [-0.25, -0.2) is 4.99 Å². The van der Waals surface area contributed by atoms with E-state index >= 15 is 0 Å². The van der Waals surface area contributed by atoms with E-state index in [0.29, 0.717) is 22.3 Å². The fourth-order valence-corrected chi connectivity index (χ4v) is 3.74. The first-order valence-corrected chi connectivity index (χ1v) is 12.2. The zero-order valence-corrected chi connectivity index (χ0v) is 21.8. The van der Waals surface area contributed by atoms with Crippen molar-refractivity contribution < 1.29 is 9.32 Å². The SMILES string of the molecule is C/C=C(Cl)\C1=N/C(C)Nc2cccc(c2)CCc2cc(NC(=O)c3cc(C)on3)cc(c2)N1.C=CC. The summed E-state index contributed by atoms with van der Waals surface area (Å²) in [5.74, 6) is 0.781. The van der Waals surface area contributed by atoms with Gasteiger partial charge in [0.25, 0.3) is 5.91 Å². The molecule has 1 aliphatic rings. The minimum Gasteiger partial charge on any atom is -0.364 e. The summed E-state index contributed by atoms with van der Waals surface area (Å²) >= 11 is 6.47. The van der Waals surface area contributed by atoms with Crippen LogP contribution in [0.4, 0.5) is 17.1 Å². The average Bonchev–Trinajstić information content (AvgIpc) is 3.28. The number of amidine groups is 1. The van der Waals surface area contributed by atoms with Gasteiger partial charge in [-0.05, 0) is 82.0 Å². The number of anilines is 3. The number of allylic oxidation sites excluding steroid dienone is 2. The molecule has 0 spiro atoms. The summed E-state index contributed by atoms with van der Waals surface area (Å²) in [6, 6.07) is 15.8. The summed E-state index contributed by atoms with van der Waals surface area (Å²) in [4.78, 5) is 17.4. The summed E-state index contributed by atoms with van der Waals surface area (Å²) in [7, 11) is 0. The van der Waals surface area contributed by atoms with Gasteiger partial charge in [0.05, 0.1) is 5.03 Å². The first kappa shape index (κ1) is 26.8. The maximum Gasteiger partial charge on any atom is 0.277 e. The van der Waals surface area contributed by atoms with Crippen LogP contribution in [0, 0.1) is 6.92 Å². The fraction of sp³-hybridized carbons (Fsp3) is 0.250. The van der Waals surface area contributed by atoms with Crippen LogP contribution in [-0.4, -0.2) is 23.1 Å². The normalized spacial score (nSPS) is 16.8. The lowest BCUT2D eigenvalue weighted by atomic mass is 10.0. The van der Waals surface area contributed by atoms with E-state index in [4.69, 9.17) is 21.1 Å². The van der Waals surface area contributed by atoms with Gasteiger partial charge in [0, 0.05) is 23.1 Å². The number of halogens is 1. The van der Waals surface area contributed by atoms with Crippen molar-refractivity contribution in [2.24, 2.45) is 4.99 Å². The number of amides is 1. The molecule has 8 heteroatoms. The number of aliphatic imine (C=N–C) groups is 1. The standard InChI is InChI=1S/C25H26ClN5O2.C3H6/c1-4-22(26)24-28-16(3)27-19-7-5-6-17(11-19)8-9-18-12-20(29-24)14-21(13-18)30-25(32)23-10-15(2)33-31-23;1-3-2/h4-7,10-14,16,27H,8-9H2,1-3H3,(H,28,29)(H,30,32);3H,1H2,2H3/b22-4+;. The largest absolute Gasteiger partial charge is 0.364 e. The Morgan fingerprint density at radius 3 is 2.56 bits per heavy atom. The lowest BCUT2D eigenvalue weighted by Crippen LogP contribution is -2.20. The van der Waals surface area contributed by atoms with Crippen molar-refractivity contribution in [3.8, 4) is 0 Å². The molecule has 3 aromatic rings. The summed E-state index contributed by atoms with van der Waals surface area (Å²) in [6.07, 6.45) is 4.98. The lowest BCUT2D eigenvalue weighted by molar-refractivity contribution is 0.101. The second-order valence-electron chi connectivity index (χ2n) is 8.36. The highest BCUT2D eigenvalue weighted by Crippen LogP contribution is 2.24. The van der Waals surface area contributed by atoms with Crippen molar-refractivity contribution in [1.82, 2.24) is 5.16 Å². The molecule has 36 heavy (non-hydrogen) atoms. The molecule has 4 rings (SSSR count). The Morgan fingerprint density at radius 1 is 1.14 bits per heavy atom. The van der Waals surface area contributed by atoms with Gasteiger partial charge < -0.3 is 20.5 Å². The van der Waals surface area contributed by atoms with Crippen molar-refractivity contribution in [2.45, 2.75) is 46.7 Å². The monoisotopic (exact) mass is 505 g/mol. The van der Waals surface area contributed by atoms with Crippen LogP contribution in [-0.2, 0) is 12.8 Å². The molecular weight excluding hydrogens is 474 g/mol. The molecule has 1 atom stereocenters. The molecule has 0 saturated heterocycles. The second-order valence-corrected chi connectivity index (χ2v) is 8.77. The number of fused-ring (bicyclic) bond motifs is 4. The number of hydrogen-bond acceptors (Lipinski definition) is 6. The van der Waals surface area contributed by atoms with E-state index in [1.165, 1.54) is 5.56 Å². The number of carbonyl (C=O) groups is 1. The van der Waals surface area contributed by atoms with Crippen LogP contribution in [0.15, 0.2) is 81.8 Å². The van der Waals surface area contributed by atoms with Gasteiger partial charge in [-0.15, -0.1) is 6.58 Å². The van der Waals surface area contributed by atoms with Gasteiger partial charge in [0.15, 0.2) is 5.69 Å². The fourth-order valence-electron chi connectivity index (χ4n) is 3.65. The van der Waals surface area contributed by atoms with Gasteiger partial charge in [0.2, 0.25) is 0 Å². The summed E-state index contributed by atoms with van der Waals surface area (Å²) in [5, 5.41) is 14.0. The highest BCUT2D eigenvalue weighted by Gasteiger charge is 2.14. The van der Waals surface area contributed by atoms with E-state index < -0.39 is 0 Å². The minimum absolute atomic E-state index is 0.213. The second kappa shape index (κ2) is 12.7. The van der Waals surface area contributed by atoms with Crippen molar-refractivity contribution in [3.63, 3.8) is 0 Å². The smallest absolute Gasteiger partial charge is 0.277 e. The van der Waals surface area contributed by atoms with Gasteiger partial charge in [-0.2, -0.15) is 0 Å². The first-order valence-electron chi connectivity index (χ1n) is 11.8. The van der Waals surface area contributed by atoms with Crippen LogP contribution >= 0.6 is 11.6 Å². The van der Waals surface area contributed by atoms with Gasteiger partial charge in [0.1, 0.15) is 17.8 Å². The molecule has 7 nitrogen and oxygen atoms in total. The summed E-state index contributed by atoms with van der Waals surface area (Å²) in [6.45, 7) is 10.8. The van der Waals surface area contributed by atoms with Crippen LogP contribution in [0.25, 0.3) is 0 Å². The molecule has 0 saturated carbocycles. The molecule has 4 bridgehead atoms. The Balaban J connectivity index is 0.00000115. The van der Waals surface area contributed by atoms with E-state index in [-0.39, 0.29) is 17.8 Å². The maximum atomic E-state index is 12.6. The average molecular weight is 506 g/mol. The van der Waals surface area contributed by atoms with E-state index in [2.05, 4.69) is 39.8 Å². The van der Waals surface area contributed by atoms with Crippen molar-refractivity contribution in [1.29, 1.82) is 0 Å². The molecule has 2 aromatic carbocycles. The van der Waals surface area contributed by atoms with Crippen LogP contribution in [0.2, 0.25) is 0 Å². The predicted molar refractivity (Wildman–Crippen MR) is 149 cm³/mol. The zero-order chi connectivity index (χ0) is 26.1.